The summed E-state index contributed by atoms with van der Waals surface area (Å²) in [6.07, 6.45) is 4.03. The van der Waals surface area contributed by atoms with Crippen LogP contribution in [0.25, 0.3) is 21.8 Å². The summed E-state index contributed by atoms with van der Waals surface area (Å²) in [5, 5.41) is 2.48. The van der Waals surface area contributed by atoms with E-state index in [0.29, 0.717) is 6.73 Å². The first-order valence-corrected chi connectivity index (χ1v) is 14.7. The fourth-order valence-corrected chi connectivity index (χ4v) is 4.63. The third kappa shape index (κ3) is 5.60. The molecule has 0 aliphatic heterocycles. The summed E-state index contributed by atoms with van der Waals surface area (Å²) in [5.74, 6) is 0. The number of ether oxygens (including phenoxy) is 1. The molecule has 28 heavy (non-hydrogen) atoms. The molecular formula is C22H26Br2N2OSi. The van der Waals surface area contributed by atoms with Crippen LogP contribution in [-0.4, -0.2) is 24.2 Å². The molecule has 1 N–H and O–H groups in total. The van der Waals surface area contributed by atoms with Crippen LogP contribution in [0, 0.1) is 0 Å². The molecule has 0 amide bonds. The Morgan fingerprint density at radius 2 is 1.64 bits per heavy atom. The van der Waals surface area contributed by atoms with Crippen molar-refractivity contribution in [2.45, 2.75) is 32.4 Å². The van der Waals surface area contributed by atoms with Gasteiger partial charge in [0.25, 0.3) is 0 Å². The zero-order valence-electron chi connectivity index (χ0n) is 16.5. The molecule has 4 aromatic rings. The topological polar surface area (TPSA) is 29.9 Å². The molecule has 0 fully saturated rings. The van der Waals surface area contributed by atoms with Crippen LogP contribution >= 0.6 is 31.9 Å². The van der Waals surface area contributed by atoms with E-state index in [2.05, 4.69) is 104 Å². The molecule has 2 aromatic heterocycles. The lowest BCUT2D eigenvalue weighted by Gasteiger charge is -2.15. The van der Waals surface area contributed by atoms with Gasteiger partial charge in [0.2, 0.25) is 0 Å². The minimum absolute atomic E-state index is 0.643. The van der Waals surface area contributed by atoms with Gasteiger partial charge in [0.15, 0.2) is 0 Å². The molecule has 0 aliphatic rings. The number of nitrogens with zero attached hydrogens (tertiary/aromatic N) is 1. The van der Waals surface area contributed by atoms with E-state index in [4.69, 9.17) is 4.74 Å². The van der Waals surface area contributed by atoms with E-state index in [1.54, 1.807) is 0 Å². The molecule has 0 unspecified atom stereocenters. The lowest BCUT2D eigenvalue weighted by atomic mass is 10.2. The van der Waals surface area contributed by atoms with E-state index in [1.807, 2.05) is 18.3 Å². The maximum absolute atomic E-state index is 5.78. The van der Waals surface area contributed by atoms with Gasteiger partial charge in [-0.2, -0.15) is 0 Å². The van der Waals surface area contributed by atoms with E-state index in [-0.39, 0.29) is 0 Å². The van der Waals surface area contributed by atoms with Gasteiger partial charge >= 0.3 is 0 Å². The number of aromatic nitrogens is 2. The van der Waals surface area contributed by atoms with Crippen LogP contribution in [0.2, 0.25) is 25.7 Å². The number of hydrogen-bond donors (Lipinski definition) is 1. The number of nitrogens with one attached hydrogen (secondary N) is 1. The number of H-pyrrole nitrogens is 1. The summed E-state index contributed by atoms with van der Waals surface area (Å²) >= 11 is 7.03. The van der Waals surface area contributed by atoms with Gasteiger partial charge in [-0.3, -0.25) is 0 Å². The van der Waals surface area contributed by atoms with Crippen molar-refractivity contribution < 1.29 is 4.74 Å². The Morgan fingerprint density at radius 3 is 2.36 bits per heavy atom. The van der Waals surface area contributed by atoms with E-state index in [9.17, 15) is 0 Å². The van der Waals surface area contributed by atoms with Crippen molar-refractivity contribution in [3.05, 3.63) is 69.9 Å². The first-order chi connectivity index (χ1) is 13.3. The summed E-state index contributed by atoms with van der Waals surface area (Å²) < 4.78 is 10.2. The molecule has 0 radical (unpaired) electrons. The minimum Gasteiger partial charge on any atom is -0.361 e. The Hall–Kier alpha value is -1.34. The van der Waals surface area contributed by atoms with Gasteiger partial charge in [0.05, 0.1) is 5.52 Å². The van der Waals surface area contributed by atoms with Gasteiger partial charge in [0, 0.05) is 52.3 Å². The van der Waals surface area contributed by atoms with Crippen LogP contribution in [0.15, 0.2) is 69.9 Å². The monoisotopic (exact) mass is 520 g/mol. The molecule has 0 atom stereocenters. The summed E-state index contributed by atoms with van der Waals surface area (Å²) in [5.41, 5.74) is 2.40. The van der Waals surface area contributed by atoms with E-state index in [0.717, 1.165) is 15.6 Å². The van der Waals surface area contributed by atoms with Crippen molar-refractivity contribution in [1.82, 2.24) is 9.55 Å². The molecular weight excluding hydrogens is 496 g/mol. The number of halogens is 2. The van der Waals surface area contributed by atoms with Gasteiger partial charge in [-0.25, -0.2) is 0 Å². The highest BCUT2D eigenvalue weighted by Gasteiger charge is 2.12. The van der Waals surface area contributed by atoms with Gasteiger partial charge < -0.3 is 14.3 Å². The largest absolute Gasteiger partial charge is 0.361 e. The summed E-state index contributed by atoms with van der Waals surface area (Å²) in [4.78, 5) is 3.13. The second-order valence-corrected chi connectivity index (χ2v) is 15.3. The average Bonchev–Trinajstić information content (AvgIpc) is 3.27. The SMILES string of the molecule is Brc1cccc2[nH]ccc12.C[Si](C)(C)CCOCn1ccc2c(Br)cccc21. The molecule has 0 aliphatic carbocycles. The van der Waals surface area contributed by atoms with Crippen LogP contribution in [0.3, 0.4) is 0 Å². The highest BCUT2D eigenvalue weighted by molar-refractivity contribution is 9.11. The number of benzene rings is 2. The molecule has 0 saturated heterocycles. The van der Waals surface area contributed by atoms with Gasteiger partial charge in [-0.05, 0) is 42.4 Å². The van der Waals surface area contributed by atoms with Crippen molar-refractivity contribution in [2.75, 3.05) is 6.61 Å². The second kappa shape index (κ2) is 9.44. The number of fused-ring (bicyclic) bond motifs is 2. The number of aromatic amines is 1. The van der Waals surface area contributed by atoms with Crippen LogP contribution in [0.1, 0.15) is 0 Å². The van der Waals surface area contributed by atoms with Crippen molar-refractivity contribution >= 4 is 61.7 Å². The van der Waals surface area contributed by atoms with Crippen LogP contribution in [0.5, 0.6) is 0 Å². The average molecular weight is 522 g/mol. The third-order valence-corrected chi connectivity index (χ3v) is 7.62. The van der Waals surface area contributed by atoms with Gasteiger partial charge in [-0.15, -0.1) is 0 Å². The Kier molecular flexibility index (Phi) is 7.20. The van der Waals surface area contributed by atoms with Crippen LogP contribution in [-0.2, 0) is 11.5 Å². The van der Waals surface area contributed by atoms with Crippen molar-refractivity contribution in [3.8, 4) is 0 Å². The van der Waals surface area contributed by atoms with Gasteiger partial charge in [0.1, 0.15) is 6.73 Å². The molecule has 0 spiro atoms. The number of hydrogen-bond acceptors (Lipinski definition) is 1. The Morgan fingerprint density at radius 1 is 0.929 bits per heavy atom. The number of rotatable bonds is 5. The predicted molar refractivity (Wildman–Crippen MR) is 130 cm³/mol. The highest BCUT2D eigenvalue weighted by Crippen LogP contribution is 2.25. The molecule has 4 rings (SSSR count). The fourth-order valence-electron chi connectivity index (χ4n) is 2.89. The molecule has 0 saturated carbocycles. The van der Waals surface area contributed by atoms with E-state index in [1.165, 1.54) is 27.8 Å². The Balaban J connectivity index is 0.000000188. The second-order valence-electron chi connectivity index (χ2n) is 7.98. The van der Waals surface area contributed by atoms with E-state index >= 15 is 0 Å². The first kappa shape index (κ1) is 21.4. The summed E-state index contributed by atoms with van der Waals surface area (Å²) in [6, 6.07) is 17.8. The maximum atomic E-state index is 5.78. The lowest BCUT2D eigenvalue weighted by molar-refractivity contribution is 0.0902. The van der Waals surface area contributed by atoms with Crippen molar-refractivity contribution in [1.29, 1.82) is 0 Å². The molecule has 148 valence electrons. The normalized spacial score (nSPS) is 11.6. The van der Waals surface area contributed by atoms with Crippen LogP contribution in [0.4, 0.5) is 0 Å². The smallest absolute Gasteiger partial charge is 0.122 e. The summed E-state index contributed by atoms with van der Waals surface area (Å²) in [7, 11) is -0.984. The quantitative estimate of drug-likeness (QED) is 0.212. The molecule has 3 nitrogen and oxygen atoms in total. The zero-order chi connectivity index (χ0) is 20.1. The predicted octanol–water partition coefficient (Wildman–Crippen LogP) is 7.65. The van der Waals surface area contributed by atoms with Crippen molar-refractivity contribution in [3.63, 3.8) is 0 Å². The maximum Gasteiger partial charge on any atom is 0.122 e. The Bertz CT molecular complexity index is 1050. The summed E-state index contributed by atoms with van der Waals surface area (Å²) in [6.45, 7) is 8.63. The third-order valence-electron chi connectivity index (χ3n) is 4.53. The Labute approximate surface area is 184 Å². The first-order valence-electron chi connectivity index (χ1n) is 9.38. The van der Waals surface area contributed by atoms with Crippen molar-refractivity contribution in [2.24, 2.45) is 0 Å². The molecule has 2 aromatic carbocycles. The van der Waals surface area contributed by atoms with E-state index < -0.39 is 8.07 Å². The molecule has 2 heterocycles. The minimum atomic E-state index is -0.984. The molecule has 0 bridgehead atoms. The standard InChI is InChI=1S/C14H20BrNOSi.C8H6BrN/c1-18(2,3)10-9-17-11-16-8-7-12-13(15)5-4-6-14(12)16;9-7-2-1-3-8-6(7)4-5-10-8/h4-8H,9-11H2,1-3H3;1-5,10H. The van der Waals surface area contributed by atoms with Crippen LogP contribution < -0.4 is 0 Å². The highest BCUT2D eigenvalue weighted by atomic mass is 79.9. The lowest BCUT2D eigenvalue weighted by Crippen LogP contribution is -2.21. The molecule has 6 heteroatoms. The van der Waals surface area contributed by atoms with Gasteiger partial charge in [-0.1, -0.05) is 63.6 Å². The zero-order valence-corrected chi connectivity index (χ0v) is 20.7. The fraction of sp³-hybridized carbons (Fsp3) is 0.273.